The molecule has 12 heteroatoms. The predicted molar refractivity (Wildman–Crippen MR) is 131 cm³/mol. The van der Waals surface area contributed by atoms with E-state index in [4.69, 9.17) is 24.4 Å². The van der Waals surface area contributed by atoms with Crippen molar-refractivity contribution >= 4 is 58.2 Å². The van der Waals surface area contributed by atoms with Crippen molar-refractivity contribution in [3.63, 3.8) is 0 Å². The molecule has 6 N–H and O–H groups in total. The molecule has 0 aliphatic carbocycles. The van der Waals surface area contributed by atoms with Gasteiger partial charge in [0.15, 0.2) is 10.2 Å². The van der Waals surface area contributed by atoms with Gasteiger partial charge in [0.05, 0.1) is 11.5 Å². The molecule has 0 saturated heterocycles. The highest BCUT2D eigenvalue weighted by atomic mass is 32.2. The molecule has 0 amide bonds. The van der Waals surface area contributed by atoms with Gasteiger partial charge in [0.1, 0.15) is 11.6 Å². The molecule has 0 atom stereocenters. The standard InChI is InChI=1S/C17H28N8S4/c26-16(24-8-10-28-12-14-18-4-5-19-14)22-2-1-3-23-17(27)25-9-11-29-13-15-20-6-7-21-15/h4-7H,1-3,8-13H2,(H,18,19)(H,20,21)(H2,22,24,26)(H2,23,25,27). The van der Waals surface area contributed by atoms with Crippen molar-refractivity contribution in [2.75, 3.05) is 37.7 Å². The Morgan fingerprint density at radius 2 is 1.21 bits per heavy atom. The zero-order valence-electron chi connectivity index (χ0n) is 16.2. The van der Waals surface area contributed by atoms with E-state index >= 15 is 0 Å². The fraction of sp³-hybridized carbons (Fsp3) is 0.529. The van der Waals surface area contributed by atoms with Crippen LogP contribution in [0.25, 0.3) is 0 Å². The normalized spacial score (nSPS) is 10.5. The number of nitrogens with zero attached hydrogens (tertiary/aromatic N) is 2. The number of nitrogens with one attached hydrogen (secondary N) is 6. The number of thiocarbonyl (C=S) groups is 2. The first-order chi connectivity index (χ1) is 14.2. The number of hydrogen-bond acceptors (Lipinski definition) is 6. The van der Waals surface area contributed by atoms with Crippen LogP contribution in [-0.4, -0.2) is 67.8 Å². The highest BCUT2D eigenvalue weighted by Crippen LogP contribution is 2.06. The van der Waals surface area contributed by atoms with Gasteiger partial charge in [0.2, 0.25) is 0 Å². The summed E-state index contributed by atoms with van der Waals surface area (Å²) in [7, 11) is 0. The van der Waals surface area contributed by atoms with Crippen molar-refractivity contribution < 1.29 is 0 Å². The number of aromatic amines is 2. The third-order valence-corrected chi connectivity index (χ3v) is 6.09. The Morgan fingerprint density at radius 3 is 1.62 bits per heavy atom. The van der Waals surface area contributed by atoms with E-state index in [0.29, 0.717) is 10.2 Å². The lowest BCUT2D eigenvalue weighted by Gasteiger charge is -2.12. The van der Waals surface area contributed by atoms with Crippen LogP contribution >= 0.6 is 48.0 Å². The molecule has 0 unspecified atom stereocenters. The fourth-order valence-electron chi connectivity index (χ4n) is 2.18. The van der Waals surface area contributed by atoms with E-state index in [-0.39, 0.29) is 0 Å². The third kappa shape index (κ3) is 11.9. The Labute approximate surface area is 191 Å². The summed E-state index contributed by atoms with van der Waals surface area (Å²) in [6.45, 7) is 3.28. The van der Waals surface area contributed by atoms with Crippen molar-refractivity contribution in [3.8, 4) is 0 Å². The minimum absolute atomic E-state index is 0.692. The van der Waals surface area contributed by atoms with E-state index in [1.807, 2.05) is 35.9 Å². The van der Waals surface area contributed by atoms with Gasteiger partial charge in [0.25, 0.3) is 0 Å². The van der Waals surface area contributed by atoms with Crippen LogP contribution in [0.5, 0.6) is 0 Å². The molecule has 0 radical (unpaired) electrons. The smallest absolute Gasteiger partial charge is 0.166 e. The Kier molecular flexibility index (Phi) is 12.6. The summed E-state index contributed by atoms with van der Waals surface area (Å²) < 4.78 is 0. The molecule has 0 aliphatic rings. The second-order valence-corrected chi connectivity index (χ2v) is 8.92. The number of imidazole rings is 2. The van der Waals surface area contributed by atoms with E-state index in [1.54, 1.807) is 12.4 Å². The monoisotopic (exact) mass is 472 g/mol. The van der Waals surface area contributed by atoms with E-state index in [0.717, 1.165) is 67.3 Å². The molecule has 2 aromatic rings. The SMILES string of the molecule is S=C(NCCCNC(=S)NCCSCc1ncc[nH]1)NCCSCc1ncc[nH]1. The first kappa shape index (κ1) is 23.8. The van der Waals surface area contributed by atoms with Crippen LogP contribution in [0.2, 0.25) is 0 Å². The summed E-state index contributed by atoms with van der Waals surface area (Å²) in [6.07, 6.45) is 8.16. The number of thioether (sulfide) groups is 2. The zero-order chi connectivity index (χ0) is 20.6. The molecule has 2 rings (SSSR count). The Balaban J connectivity index is 1.33. The zero-order valence-corrected chi connectivity index (χ0v) is 19.5. The van der Waals surface area contributed by atoms with Crippen molar-refractivity contribution in [1.82, 2.24) is 41.2 Å². The average molecular weight is 473 g/mol. The maximum absolute atomic E-state index is 5.28. The molecule has 0 fully saturated rings. The van der Waals surface area contributed by atoms with Gasteiger partial charge in [-0.15, -0.1) is 0 Å². The predicted octanol–water partition coefficient (Wildman–Crippen LogP) is 1.62. The van der Waals surface area contributed by atoms with Crippen LogP contribution in [0.1, 0.15) is 18.1 Å². The Morgan fingerprint density at radius 1 is 0.759 bits per heavy atom. The van der Waals surface area contributed by atoms with E-state index in [2.05, 4.69) is 41.2 Å². The number of hydrogen-bond donors (Lipinski definition) is 6. The van der Waals surface area contributed by atoms with Gasteiger partial charge >= 0.3 is 0 Å². The summed E-state index contributed by atoms with van der Waals surface area (Å²) in [6, 6.07) is 0. The highest BCUT2D eigenvalue weighted by Gasteiger charge is 1.99. The lowest BCUT2D eigenvalue weighted by molar-refractivity contribution is 0.726. The van der Waals surface area contributed by atoms with Crippen LogP contribution in [0.3, 0.4) is 0 Å². The van der Waals surface area contributed by atoms with E-state index < -0.39 is 0 Å². The Hall–Kier alpha value is -1.50. The molecule has 0 aliphatic heterocycles. The van der Waals surface area contributed by atoms with Gasteiger partial charge in [-0.2, -0.15) is 23.5 Å². The van der Waals surface area contributed by atoms with Crippen LogP contribution < -0.4 is 21.3 Å². The summed E-state index contributed by atoms with van der Waals surface area (Å²) in [4.78, 5) is 14.6. The average Bonchev–Trinajstić information content (AvgIpc) is 3.41. The first-order valence-electron chi connectivity index (χ1n) is 9.39. The molecule has 2 heterocycles. The first-order valence-corrected chi connectivity index (χ1v) is 12.5. The maximum Gasteiger partial charge on any atom is 0.166 e. The largest absolute Gasteiger partial charge is 0.363 e. The summed E-state index contributed by atoms with van der Waals surface area (Å²) in [5, 5.41) is 14.2. The second-order valence-electron chi connectivity index (χ2n) is 5.90. The molecule has 29 heavy (non-hydrogen) atoms. The fourth-order valence-corrected chi connectivity index (χ4v) is 4.07. The molecule has 160 valence electrons. The maximum atomic E-state index is 5.28. The van der Waals surface area contributed by atoms with Gasteiger partial charge in [0, 0.05) is 62.5 Å². The van der Waals surface area contributed by atoms with Gasteiger partial charge in [-0.25, -0.2) is 9.97 Å². The summed E-state index contributed by atoms with van der Waals surface area (Å²) in [5.74, 6) is 5.73. The molecule has 0 bridgehead atoms. The summed E-state index contributed by atoms with van der Waals surface area (Å²) >= 11 is 14.2. The topological polar surface area (TPSA) is 105 Å². The van der Waals surface area contributed by atoms with Crippen molar-refractivity contribution in [1.29, 1.82) is 0 Å². The number of aromatic nitrogens is 4. The van der Waals surface area contributed by atoms with E-state index in [1.165, 1.54) is 0 Å². The van der Waals surface area contributed by atoms with Gasteiger partial charge < -0.3 is 31.2 Å². The minimum Gasteiger partial charge on any atom is -0.363 e. The molecule has 0 saturated carbocycles. The lowest BCUT2D eigenvalue weighted by atomic mass is 10.4. The van der Waals surface area contributed by atoms with Crippen molar-refractivity contribution in [2.45, 2.75) is 17.9 Å². The quantitative estimate of drug-likeness (QED) is 0.179. The Bertz CT molecular complexity index is 619. The number of H-pyrrole nitrogens is 2. The number of rotatable bonds is 14. The molecular formula is C17H28N8S4. The third-order valence-electron chi connectivity index (χ3n) is 3.58. The van der Waals surface area contributed by atoms with Gasteiger partial charge in [-0.1, -0.05) is 0 Å². The molecule has 0 aromatic carbocycles. The second kappa shape index (κ2) is 15.4. The molecule has 0 spiro atoms. The van der Waals surface area contributed by atoms with Crippen LogP contribution in [0.4, 0.5) is 0 Å². The molecular weight excluding hydrogens is 445 g/mol. The van der Waals surface area contributed by atoms with Crippen molar-refractivity contribution in [2.24, 2.45) is 0 Å². The van der Waals surface area contributed by atoms with Crippen LogP contribution in [0, 0.1) is 0 Å². The van der Waals surface area contributed by atoms with Gasteiger partial charge in [-0.3, -0.25) is 0 Å². The van der Waals surface area contributed by atoms with Crippen LogP contribution in [-0.2, 0) is 11.5 Å². The lowest BCUT2D eigenvalue weighted by Crippen LogP contribution is -2.40. The van der Waals surface area contributed by atoms with E-state index in [9.17, 15) is 0 Å². The summed E-state index contributed by atoms with van der Waals surface area (Å²) in [5.41, 5.74) is 0. The molecule has 8 nitrogen and oxygen atoms in total. The van der Waals surface area contributed by atoms with Gasteiger partial charge in [-0.05, 0) is 30.9 Å². The molecule has 2 aromatic heterocycles. The minimum atomic E-state index is 0.692. The van der Waals surface area contributed by atoms with Crippen LogP contribution in [0.15, 0.2) is 24.8 Å². The van der Waals surface area contributed by atoms with Crippen molar-refractivity contribution in [3.05, 3.63) is 36.4 Å². The highest BCUT2D eigenvalue weighted by molar-refractivity contribution is 7.98.